The standard InChI is InChI=1S/C7H6BrNO3/c1-12-4-2-3-9-6(8)5(4)7(10)11/h2-3H,1H3,(H,10,11). The average molecular weight is 232 g/mol. The molecule has 0 saturated heterocycles. The number of carboxylic acids is 1. The Balaban J connectivity index is 3.29. The van der Waals surface area contributed by atoms with Gasteiger partial charge in [0.2, 0.25) is 0 Å². The van der Waals surface area contributed by atoms with Gasteiger partial charge >= 0.3 is 5.97 Å². The highest BCUT2D eigenvalue weighted by Gasteiger charge is 2.15. The molecule has 0 aliphatic rings. The zero-order valence-corrected chi connectivity index (χ0v) is 7.83. The van der Waals surface area contributed by atoms with E-state index >= 15 is 0 Å². The first-order valence-electron chi connectivity index (χ1n) is 3.08. The van der Waals surface area contributed by atoms with E-state index in [0.717, 1.165) is 0 Å². The Kier molecular flexibility index (Phi) is 2.65. The number of aromatic carboxylic acids is 1. The Morgan fingerprint density at radius 2 is 2.42 bits per heavy atom. The fraction of sp³-hybridized carbons (Fsp3) is 0.143. The first-order valence-corrected chi connectivity index (χ1v) is 3.88. The van der Waals surface area contributed by atoms with Crippen LogP contribution in [0.4, 0.5) is 0 Å². The first kappa shape index (κ1) is 8.99. The van der Waals surface area contributed by atoms with Crippen LogP contribution < -0.4 is 4.74 Å². The predicted molar refractivity (Wildman–Crippen MR) is 45.4 cm³/mol. The molecular weight excluding hydrogens is 226 g/mol. The second-order valence-corrected chi connectivity index (χ2v) is 2.74. The lowest BCUT2D eigenvalue weighted by atomic mass is 10.2. The summed E-state index contributed by atoms with van der Waals surface area (Å²) >= 11 is 3.02. The minimum Gasteiger partial charge on any atom is -0.496 e. The van der Waals surface area contributed by atoms with Crippen molar-refractivity contribution < 1.29 is 14.6 Å². The summed E-state index contributed by atoms with van der Waals surface area (Å²) in [4.78, 5) is 14.4. The Morgan fingerprint density at radius 3 is 2.83 bits per heavy atom. The first-order chi connectivity index (χ1) is 5.66. The van der Waals surface area contributed by atoms with Crippen LogP contribution in [0.5, 0.6) is 5.75 Å². The summed E-state index contributed by atoms with van der Waals surface area (Å²) in [6.07, 6.45) is 1.47. The molecule has 12 heavy (non-hydrogen) atoms. The number of carboxylic acid groups (broad SMARTS) is 1. The van der Waals surface area contributed by atoms with Crippen LogP contribution in [-0.4, -0.2) is 23.2 Å². The second-order valence-electron chi connectivity index (χ2n) is 1.98. The molecule has 1 aromatic heterocycles. The summed E-state index contributed by atoms with van der Waals surface area (Å²) in [6, 6.07) is 1.49. The molecule has 0 aromatic carbocycles. The van der Waals surface area contributed by atoms with Crippen molar-refractivity contribution in [3.8, 4) is 5.75 Å². The highest BCUT2D eigenvalue weighted by molar-refractivity contribution is 9.10. The summed E-state index contributed by atoms with van der Waals surface area (Å²) in [5.41, 5.74) is 0.0417. The Hall–Kier alpha value is -1.10. The van der Waals surface area contributed by atoms with E-state index in [0.29, 0.717) is 5.75 Å². The maximum absolute atomic E-state index is 10.7. The SMILES string of the molecule is COc1ccnc(Br)c1C(=O)O. The van der Waals surface area contributed by atoms with Crippen molar-refractivity contribution in [3.05, 3.63) is 22.4 Å². The molecule has 0 atom stereocenters. The summed E-state index contributed by atoms with van der Waals surface area (Å²) in [6.45, 7) is 0. The third-order valence-electron chi connectivity index (χ3n) is 1.30. The van der Waals surface area contributed by atoms with Gasteiger partial charge < -0.3 is 9.84 Å². The van der Waals surface area contributed by atoms with Crippen LogP contribution in [0.3, 0.4) is 0 Å². The van der Waals surface area contributed by atoms with Gasteiger partial charge in [0.1, 0.15) is 15.9 Å². The number of pyridine rings is 1. The lowest BCUT2D eigenvalue weighted by Crippen LogP contribution is -2.02. The number of ether oxygens (including phenoxy) is 1. The summed E-state index contributed by atoms with van der Waals surface area (Å²) in [5, 5.41) is 8.73. The maximum Gasteiger partial charge on any atom is 0.342 e. The summed E-state index contributed by atoms with van der Waals surface area (Å²) in [7, 11) is 1.41. The molecule has 1 N–H and O–H groups in total. The minimum absolute atomic E-state index is 0.0417. The fourth-order valence-electron chi connectivity index (χ4n) is 0.784. The molecule has 1 rings (SSSR count). The largest absolute Gasteiger partial charge is 0.496 e. The Labute approximate surface area is 77.3 Å². The van der Waals surface area contributed by atoms with Gasteiger partial charge in [0, 0.05) is 6.20 Å². The molecule has 1 heterocycles. The smallest absolute Gasteiger partial charge is 0.342 e. The minimum atomic E-state index is -1.06. The van der Waals surface area contributed by atoms with Gasteiger partial charge in [-0.15, -0.1) is 0 Å². The summed E-state index contributed by atoms with van der Waals surface area (Å²) < 4.78 is 5.11. The molecule has 0 unspecified atom stereocenters. The molecule has 0 bridgehead atoms. The van der Waals surface area contributed by atoms with Crippen LogP contribution in [0.2, 0.25) is 0 Å². The predicted octanol–water partition coefficient (Wildman–Crippen LogP) is 1.55. The van der Waals surface area contributed by atoms with Gasteiger partial charge in [-0.1, -0.05) is 0 Å². The van der Waals surface area contributed by atoms with Crippen molar-refractivity contribution in [3.63, 3.8) is 0 Å². The van der Waals surface area contributed by atoms with Crippen molar-refractivity contribution in [2.45, 2.75) is 0 Å². The highest BCUT2D eigenvalue weighted by Crippen LogP contribution is 2.23. The van der Waals surface area contributed by atoms with Crippen LogP contribution in [0.15, 0.2) is 16.9 Å². The maximum atomic E-state index is 10.7. The third kappa shape index (κ3) is 1.55. The van der Waals surface area contributed by atoms with Crippen molar-refractivity contribution in [2.75, 3.05) is 7.11 Å². The van der Waals surface area contributed by atoms with Crippen LogP contribution in [0.1, 0.15) is 10.4 Å². The van der Waals surface area contributed by atoms with Gasteiger partial charge in [0.15, 0.2) is 0 Å². The molecule has 64 valence electrons. The van der Waals surface area contributed by atoms with E-state index in [1.165, 1.54) is 19.4 Å². The van der Waals surface area contributed by atoms with Gasteiger partial charge in [-0.2, -0.15) is 0 Å². The number of halogens is 1. The fourth-order valence-corrected chi connectivity index (χ4v) is 1.27. The Bertz CT molecular complexity index is 314. The topological polar surface area (TPSA) is 59.4 Å². The molecule has 0 fully saturated rings. The number of hydrogen-bond donors (Lipinski definition) is 1. The van der Waals surface area contributed by atoms with E-state index in [1.54, 1.807) is 0 Å². The van der Waals surface area contributed by atoms with Crippen LogP contribution >= 0.6 is 15.9 Å². The molecule has 0 spiro atoms. The molecule has 1 aromatic rings. The van der Waals surface area contributed by atoms with Crippen LogP contribution in [0, 0.1) is 0 Å². The van der Waals surface area contributed by atoms with Gasteiger partial charge in [0.05, 0.1) is 7.11 Å². The molecular formula is C7H6BrNO3. The number of nitrogens with zero attached hydrogens (tertiary/aromatic N) is 1. The zero-order chi connectivity index (χ0) is 9.14. The number of rotatable bonds is 2. The molecule has 5 heteroatoms. The van der Waals surface area contributed by atoms with E-state index in [1.807, 2.05) is 0 Å². The van der Waals surface area contributed by atoms with Crippen molar-refractivity contribution in [2.24, 2.45) is 0 Å². The molecule has 0 saturated carbocycles. The number of hydrogen-bond acceptors (Lipinski definition) is 3. The van der Waals surface area contributed by atoms with Crippen LogP contribution in [0.25, 0.3) is 0 Å². The van der Waals surface area contributed by atoms with Gasteiger partial charge in [-0.25, -0.2) is 9.78 Å². The van der Waals surface area contributed by atoms with Crippen molar-refractivity contribution in [1.29, 1.82) is 0 Å². The third-order valence-corrected chi connectivity index (χ3v) is 1.90. The average Bonchev–Trinajstić information content (AvgIpc) is 2.03. The zero-order valence-electron chi connectivity index (χ0n) is 6.24. The molecule has 0 amide bonds. The summed E-state index contributed by atoms with van der Waals surface area (Å²) in [5.74, 6) is -0.767. The lowest BCUT2D eigenvalue weighted by Gasteiger charge is -2.04. The van der Waals surface area contributed by atoms with E-state index in [4.69, 9.17) is 9.84 Å². The monoisotopic (exact) mass is 231 g/mol. The van der Waals surface area contributed by atoms with Gasteiger partial charge in [-0.05, 0) is 22.0 Å². The highest BCUT2D eigenvalue weighted by atomic mass is 79.9. The molecule has 0 aliphatic heterocycles. The molecule has 0 radical (unpaired) electrons. The number of methoxy groups -OCH3 is 1. The lowest BCUT2D eigenvalue weighted by molar-refractivity contribution is 0.0691. The molecule has 4 nitrogen and oxygen atoms in total. The van der Waals surface area contributed by atoms with Gasteiger partial charge in [0.25, 0.3) is 0 Å². The number of aromatic nitrogens is 1. The Morgan fingerprint density at radius 1 is 1.75 bits per heavy atom. The second kappa shape index (κ2) is 3.53. The van der Waals surface area contributed by atoms with Crippen LogP contribution in [-0.2, 0) is 0 Å². The quantitative estimate of drug-likeness (QED) is 0.786. The van der Waals surface area contributed by atoms with E-state index in [-0.39, 0.29) is 10.2 Å². The van der Waals surface area contributed by atoms with E-state index in [9.17, 15) is 4.79 Å². The van der Waals surface area contributed by atoms with E-state index in [2.05, 4.69) is 20.9 Å². The van der Waals surface area contributed by atoms with Crippen molar-refractivity contribution >= 4 is 21.9 Å². The van der Waals surface area contributed by atoms with Gasteiger partial charge in [-0.3, -0.25) is 0 Å². The van der Waals surface area contributed by atoms with Crippen molar-refractivity contribution in [1.82, 2.24) is 4.98 Å². The number of carbonyl (C=O) groups is 1. The van der Waals surface area contributed by atoms with E-state index < -0.39 is 5.97 Å². The molecule has 0 aliphatic carbocycles. The normalized spacial score (nSPS) is 9.50.